The van der Waals surface area contributed by atoms with Gasteiger partial charge in [0.1, 0.15) is 0 Å². The summed E-state index contributed by atoms with van der Waals surface area (Å²) < 4.78 is 10.6. The van der Waals surface area contributed by atoms with Crippen LogP contribution in [0, 0.1) is 0 Å². The molecule has 4 nitrogen and oxygen atoms in total. The van der Waals surface area contributed by atoms with Crippen LogP contribution in [0.15, 0.2) is 87.5 Å². The lowest BCUT2D eigenvalue weighted by Crippen LogP contribution is -2.22. The standard InChI is InChI=1S/C23H23NO3S2/c1-16(28-18-13-14-20(26-2)21(15-18)27-3)23(25)24-19-11-7-8-12-22(19)29-17-9-5-4-6-10-17/h4-16H,1-3H3,(H,24,25)/t16-/m1/s1. The zero-order valence-corrected chi connectivity index (χ0v) is 18.2. The molecule has 0 saturated heterocycles. The Bertz CT molecular complexity index is 963. The smallest absolute Gasteiger partial charge is 0.237 e. The Morgan fingerprint density at radius 3 is 2.28 bits per heavy atom. The third-order valence-electron chi connectivity index (χ3n) is 4.15. The van der Waals surface area contributed by atoms with Crippen LogP contribution in [0.2, 0.25) is 0 Å². The molecule has 0 spiro atoms. The third-order valence-corrected chi connectivity index (χ3v) is 6.33. The minimum atomic E-state index is -0.275. The predicted octanol–water partition coefficient (Wildman–Crippen LogP) is 5.97. The van der Waals surface area contributed by atoms with Crippen molar-refractivity contribution in [3.8, 4) is 11.5 Å². The number of thioether (sulfide) groups is 1. The molecule has 0 aliphatic rings. The Hall–Kier alpha value is -2.57. The molecule has 3 rings (SSSR count). The summed E-state index contributed by atoms with van der Waals surface area (Å²) >= 11 is 3.10. The molecule has 1 atom stereocenters. The average Bonchev–Trinajstić information content (AvgIpc) is 2.75. The number of methoxy groups -OCH3 is 2. The number of hydrogen-bond acceptors (Lipinski definition) is 5. The summed E-state index contributed by atoms with van der Waals surface area (Å²) in [5.41, 5.74) is 0.811. The molecule has 1 N–H and O–H groups in total. The number of carbonyl (C=O) groups is 1. The van der Waals surface area contributed by atoms with Crippen molar-refractivity contribution in [3.05, 3.63) is 72.8 Å². The maximum Gasteiger partial charge on any atom is 0.237 e. The minimum absolute atomic E-state index is 0.0501. The fourth-order valence-corrected chi connectivity index (χ4v) is 4.47. The lowest BCUT2D eigenvalue weighted by molar-refractivity contribution is -0.115. The van der Waals surface area contributed by atoms with Crippen molar-refractivity contribution in [2.45, 2.75) is 26.9 Å². The van der Waals surface area contributed by atoms with Crippen LogP contribution in [0.1, 0.15) is 6.92 Å². The Balaban J connectivity index is 1.69. The van der Waals surface area contributed by atoms with Crippen LogP contribution in [0.25, 0.3) is 0 Å². The second-order valence-corrected chi connectivity index (χ2v) is 8.71. The number of benzene rings is 3. The van der Waals surface area contributed by atoms with Crippen LogP contribution in [-0.4, -0.2) is 25.4 Å². The minimum Gasteiger partial charge on any atom is -0.493 e. The fourth-order valence-electron chi connectivity index (χ4n) is 2.66. The summed E-state index contributed by atoms with van der Waals surface area (Å²) in [6.45, 7) is 1.89. The van der Waals surface area contributed by atoms with E-state index < -0.39 is 0 Å². The van der Waals surface area contributed by atoms with E-state index in [2.05, 4.69) is 17.4 Å². The van der Waals surface area contributed by atoms with Crippen molar-refractivity contribution in [2.75, 3.05) is 19.5 Å². The fraction of sp³-hybridized carbons (Fsp3) is 0.174. The van der Waals surface area contributed by atoms with E-state index >= 15 is 0 Å². The van der Waals surface area contributed by atoms with Crippen molar-refractivity contribution in [2.24, 2.45) is 0 Å². The number of anilines is 1. The van der Waals surface area contributed by atoms with Crippen LogP contribution in [0.5, 0.6) is 11.5 Å². The predicted molar refractivity (Wildman–Crippen MR) is 121 cm³/mol. The number of carbonyl (C=O) groups excluding carboxylic acids is 1. The van der Waals surface area contributed by atoms with E-state index in [0.29, 0.717) is 11.5 Å². The van der Waals surface area contributed by atoms with Crippen LogP contribution < -0.4 is 14.8 Å². The summed E-state index contributed by atoms with van der Waals surface area (Å²) in [5, 5.41) is 2.79. The number of nitrogens with one attached hydrogen (secondary N) is 1. The lowest BCUT2D eigenvalue weighted by Gasteiger charge is -2.15. The molecule has 0 aliphatic carbocycles. The van der Waals surface area contributed by atoms with Gasteiger partial charge in [-0.2, -0.15) is 0 Å². The van der Waals surface area contributed by atoms with Gasteiger partial charge in [-0.15, -0.1) is 11.8 Å². The van der Waals surface area contributed by atoms with Crippen molar-refractivity contribution in [3.63, 3.8) is 0 Å². The highest BCUT2D eigenvalue weighted by Crippen LogP contribution is 2.35. The van der Waals surface area contributed by atoms with Gasteiger partial charge in [0.25, 0.3) is 0 Å². The largest absolute Gasteiger partial charge is 0.493 e. The maximum atomic E-state index is 12.8. The number of amides is 1. The molecule has 0 unspecified atom stereocenters. The molecule has 0 saturated carbocycles. The highest BCUT2D eigenvalue weighted by molar-refractivity contribution is 8.00. The molecular weight excluding hydrogens is 402 g/mol. The monoisotopic (exact) mass is 425 g/mol. The Labute approximate surface area is 180 Å². The highest BCUT2D eigenvalue weighted by atomic mass is 32.2. The first kappa shape index (κ1) is 21.1. The molecule has 6 heteroatoms. The molecule has 0 aliphatic heterocycles. The molecule has 29 heavy (non-hydrogen) atoms. The summed E-state index contributed by atoms with van der Waals surface area (Å²) in [5.74, 6) is 1.27. The van der Waals surface area contributed by atoms with Gasteiger partial charge in [0.15, 0.2) is 11.5 Å². The first-order chi connectivity index (χ1) is 14.1. The Kier molecular flexibility index (Phi) is 7.49. The van der Waals surface area contributed by atoms with Gasteiger partial charge in [0.05, 0.1) is 25.2 Å². The second kappa shape index (κ2) is 10.3. The molecule has 150 valence electrons. The normalized spacial score (nSPS) is 11.6. The second-order valence-electron chi connectivity index (χ2n) is 6.18. The molecular formula is C23H23NO3S2. The molecule has 3 aromatic carbocycles. The molecule has 3 aromatic rings. The van der Waals surface area contributed by atoms with Crippen molar-refractivity contribution in [1.82, 2.24) is 0 Å². The topological polar surface area (TPSA) is 47.6 Å². The zero-order valence-electron chi connectivity index (χ0n) is 16.5. The zero-order chi connectivity index (χ0) is 20.6. The van der Waals surface area contributed by atoms with Gasteiger partial charge in [-0.05, 0) is 49.4 Å². The SMILES string of the molecule is COc1ccc(S[C@H](C)C(=O)Nc2ccccc2Sc2ccccc2)cc1OC. The average molecular weight is 426 g/mol. The maximum absolute atomic E-state index is 12.8. The summed E-state index contributed by atoms with van der Waals surface area (Å²) in [4.78, 5) is 15.9. The number of para-hydroxylation sites is 1. The Morgan fingerprint density at radius 1 is 0.862 bits per heavy atom. The molecule has 0 radical (unpaired) electrons. The first-order valence-corrected chi connectivity index (χ1v) is 10.8. The molecule has 0 heterocycles. The van der Waals surface area contributed by atoms with Crippen molar-refractivity contribution < 1.29 is 14.3 Å². The van der Waals surface area contributed by atoms with Gasteiger partial charge >= 0.3 is 0 Å². The van der Waals surface area contributed by atoms with Gasteiger partial charge in [0, 0.05) is 14.7 Å². The summed E-state index contributed by atoms with van der Waals surface area (Å²) in [6, 6.07) is 23.6. The third kappa shape index (κ3) is 5.71. The van der Waals surface area contributed by atoms with E-state index in [9.17, 15) is 4.79 Å². The molecule has 0 aromatic heterocycles. The first-order valence-electron chi connectivity index (χ1n) is 9.12. The summed E-state index contributed by atoms with van der Waals surface area (Å²) in [6.07, 6.45) is 0. The summed E-state index contributed by atoms with van der Waals surface area (Å²) in [7, 11) is 3.20. The number of ether oxygens (including phenoxy) is 2. The number of rotatable bonds is 8. The molecule has 0 bridgehead atoms. The van der Waals surface area contributed by atoms with Crippen LogP contribution in [0.3, 0.4) is 0 Å². The van der Waals surface area contributed by atoms with Crippen LogP contribution >= 0.6 is 23.5 Å². The Morgan fingerprint density at radius 2 is 1.55 bits per heavy atom. The van der Waals surface area contributed by atoms with Gasteiger partial charge in [0.2, 0.25) is 5.91 Å². The number of hydrogen-bond donors (Lipinski definition) is 1. The van der Waals surface area contributed by atoms with Gasteiger partial charge < -0.3 is 14.8 Å². The molecule has 0 fully saturated rings. The van der Waals surface area contributed by atoms with Crippen LogP contribution in [-0.2, 0) is 4.79 Å². The van der Waals surface area contributed by atoms with Gasteiger partial charge in [-0.3, -0.25) is 4.79 Å². The van der Waals surface area contributed by atoms with E-state index in [4.69, 9.17) is 9.47 Å². The van der Waals surface area contributed by atoms with E-state index in [0.717, 1.165) is 20.4 Å². The van der Waals surface area contributed by atoms with Crippen molar-refractivity contribution >= 4 is 35.1 Å². The quantitative estimate of drug-likeness (QED) is 0.450. The van der Waals surface area contributed by atoms with E-state index in [-0.39, 0.29) is 11.2 Å². The van der Waals surface area contributed by atoms with E-state index in [1.54, 1.807) is 26.0 Å². The molecule has 1 amide bonds. The highest BCUT2D eigenvalue weighted by Gasteiger charge is 2.17. The van der Waals surface area contributed by atoms with Crippen LogP contribution in [0.4, 0.5) is 5.69 Å². The van der Waals surface area contributed by atoms with E-state index in [1.165, 1.54) is 11.8 Å². The van der Waals surface area contributed by atoms with Gasteiger partial charge in [-0.1, -0.05) is 42.1 Å². The van der Waals surface area contributed by atoms with Gasteiger partial charge in [-0.25, -0.2) is 0 Å². The van der Waals surface area contributed by atoms with Crippen molar-refractivity contribution in [1.29, 1.82) is 0 Å². The van der Waals surface area contributed by atoms with E-state index in [1.807, 2.05) is 67.6 Å². The lowest BCUT2D eigenvalue weighted by atomic mass is 10.3.